The van der Waals surface area contributed by atoms with Crippen molar-refractivity contribution >= 4 is 21.5 Å². The molecular weight excluding hydrogens is 677 g/mol. The Kier molecular flexibility index (Phi) is 7.53. The molecule has 11 rings (SSSR count). The normalized spacial score (nSPS) is 11.6. The van der Waals surface area contributed by atoms with E-state index in [-0.39, 0.29) is 0 Å². The van der Waals surface area contributed by atoms with E-state index >= 15 is 0 Å². The molecule has 0 saturated heterocycles. The molecule has 10 aromatic rings. The Hall–Kier alpha value is -7.42. The molecule has 1 aliphatic rings. The molecule has 0 spiro atoms. The lowest BCUT2D eigenvalue weighted by Crippen LogP contribution is -1.96. The average molecular weight is 711 g/mol. The van der Waals surface area contributed by atoms with Gasteiger partial charge in [0, 0.05) is 16.7 Å². The zero-order chi connectivity index (χ0) is 37.0. The first kappa shape index (κ1) is 32.0. The standard InChI is InChI=1S/C54H34N2/c1-3-14-36(15-4-1)50-34-51(56-54(55-50)39-16-5-2-6-17-39)37-25-27-38(28-26-37)52-43-20-8-7-13-35(43)29-30-44(52)41-19-11-18-40(33-41)42-31-32-49-46-22-10-9-21-45(46)48-24-12-23-47(42)53(48)49/h1-34H. The summed E-state index contributed by atoms with van der Waals surface area (Å²) in [7, 11) is 0. The fourth-order valence-electron chi connectivity index (χ4n) is 8.61. The number of benzene rings is 9. The van der Waals surface area contributed by atoms with E-state index in [9.17, 15) is 0 Å². The van der Waals surface area contributed by atoms with Crippen molar-refractivity contribution < 1.29 is 0 Å². The van der Waals surface area contributed by atoms with Gasteiger partial charge in [-0.25, -0.2) is 9.97 Å². The van der Waals surface area contributed by atoms with Crippen LogP contribution in [0.3, 0.4) is 0 Å². The van der Waals surface area contributed by atoms with E-state index in [1.54, 1.807) is 0 Å². The Morgan fingerprint density at radius 3 is 1.52 bits per heavy atom. The minimum Gasteiger partial charge on any atom is -0.228 e. The van der Waals surface area contributed by atoms with Crippen molar-refractivity contribution in [1.82, 2.24) is 9.97 Å². The first-order chi connectivity index (χ1) is 27.8. The van der Waals surface area contributed by atoms with Crippen LogP contribution < -0.4 is 0 Å². The van der Waals surface area contributed by atoms with E-state index < -0.39 is 0 Å². The molecule has 2 nitrogen and oxygen atoms in total. The second kappa shape index (κ2) is 13.2. The van der Waals surface area contributed by atoms with Crippen molar-refractivity contribution in [2.75, 3.05) is 0 Å². The Balaban J connectivity index is 1.03. The highest BCUT2D eigenvalue weighted by Gasteiger charge is 2.22. The van der Waals surface area contributed by atoms with Gasteiger partial charge >= 0.3 is 0 Å². The first-order valence-electron chi connectivity index (χ1n) is 19.2. The second-order valence-electron chi connectivity index (χ2n) is 14.5. The number of rotatable bonds is 6. The zero-order valence-corrected chi connectivity index (χ0v) is 30.5. The van der Waals surface area contributed by atoms with Crippen molar-refractivity contribution in [1.29, 1.82) is 0 Å². The van der Waals surface area contributed by atoms with Crippen LogP contribution in [0.1, 0.15) is 0 Å². The van der Waals surface area contributed by atoms with Crippen LogP contribution in [0.4, 0.5) is 0 Å². The predicted octanol–water partition coefficient (Wildman–Crippen LogP) is 14.4. The third kappa shape index (κ3) is 5.34. The average Bonchev–Trinajstić information content (AvgIpc) is 3.61. The summed E-state index contributed by atoms with van der Waals surface area (Å²) in [6.07, 6.45) is 0. The summed E-state index contributed by atoms with van der Waals surface area (Å²) in [6, 6.07) is 74.0. The van der Waals surface area contributed by atoms with Gasteiger partial charge in [-0.05, 0) is 89.3 Å². The lowest BCUT2D eigenvalue weighted by Gasteiger charge is -2.16. The summed E-state index contributed by atoms with van der Waals surface area (Å²) in [4.78, 5) is 10.1. The van der Waals surface area contributed by atoms with Gasteiger partial charge in [-0.15, -0.1) is 0 Å². The number of fused-ring (bicyclic) bond motifs is 4. The molecule has 56 heavy (non-hydrogen) atoms. The maximum Gasteiger partial charge on any atom is 0.160 e. The van der Waals surface area contributed by atoms with Crippen LogP contribution in [0.2, 0.25) is 0 Å². The molecule has 1 aromatic heterocycles. The fraction of sp³-hybridized carbons (Fsp3) is 0. The van der Waals surface area contributed by atoms with Gasteiger partial charge in [-0.3, -0.25) is 0 Å². The van der Waals surface area contributed by atoms with Crippen LogP contribution in [0.25, 0.3) is 111 Å². The molecule has 0 amide bonds. The van der Waals surface area contributed by atoms with E-state index in [1.807, 2.05) is 24.3 Å². The molecule has 0 N–H and O–H groups in total. The molecule has 0 bridgehead atoms. The monoisotopic (exact) mass is 710 g/mol. The van der Waals surface area contributed by atoms with Gasteiger partial charge in [0.05, 0.1) is 11.4 Å². The van der Waals surface area contributed by atoms with Crippen LogP contribution >= 0.6 is 0 Å². The van der Waals surface area contributed by atoms with Crippen molar-refractivity contribution in [3.63, 3.8) is 0 Å². The van der Waals surface area contributed by atoms with Gasteiger partial charge in [0.15, 0.2) is 5.82 Å². The third-order valence-corrected chi connectivity index (χ3v) is 11.3. The summed E-state index contributed by atoms with van der Waals surface area (Å²) in [5, 5.41) is 5.08. The molecule has 0 radical (unpaired) electrons. The molecule has 0 saturated carbocycles. The minimum atomic E-state index is 0.715. The molecule has 9 aromatic carbocycles. The quantitative estimate of drug-likeness (QED) is 0.172. The number of hydrogen-bond acceptors (Lipinski definition) is 2. The van der Waals surface area contributed by atoms with Crippen LogP contribution in [0.5, 0.6) is 0 Å². The van der Waals surface area contributed by atoms with Gasteiger partial charge in [-0.1, -0.05) is 194 Å². The summed E-state index contributed by atoms with van der Waals surface area (Å²) in [6.45, 7) is 0. The van der Waals surface area contributed by atoms with Crippen LogP contribution in [0, 0.1) is 0 Å². The lowest BCUT2D eigenvalue weighted by atomic mass is 9.87. The number of hydrogen-bond donors (Lipinski definition) is 0. The van der Waals surface area contributed by atoms with Gasteiger partial charge in [0.2, 0.25) is 0 Å². The number of nitrogens with zero attached hydrogens (tertiary/aromatic N) is 2. The smallest absolute Gasteiger partial charge is 0.160 e. The van der Waals surface area contributed by atoms with E-state index in [0.29, 0.717) is 5.82 Å². The maximum absolute atomic E-state index is 5.09. The summed E-state index contributed by atoms with van der Waals surface area (Å²) in [5.74, 6) is 0.715. The van der Waals surface area contributed by atoms with Gasteiger partial charge in [0.1, 0.15) is 0 Å². The number of aromatic nitrogens is 2. The molecule has 1 heterocycles. The second-order valence-corrected chi connectivity index (χ2v) is 14.5. The largest absolute Gasteiger partial charge is 0.228 e. The Morgan fingerprint density at radius 2 is 0.768 bits per heavy atom. The molecular formula is C54H34N2. The predicted molar refractivity (Wildman–Crippen MR) is 234 cm³/mol. The van der Waals surface area contributed by atoms with Gasteiger partial charge in [-0.2, -0.15) is 0 Å². The summed E-state index contributed by atoms with van der Waals surface area (Å²) in [5.41, 5.74) is 17.4. The van der Waals surface area contributed by atoms with E-state index in [1.165, 1.54) is 71.6 Å². The van der Waals surface area contributed by atoms with Gasteiger partial charge in [0.25, 0.3) is 0 Å². The molecule has 1 aliphatic carbocycles. The van der Waals surface area contributed by atoms with Gasteiger partial charge < -0.3 is 0 Å². The highest BCUT2D eigenvalue weighted by atomic mass is 14.9. The van der Waals surface area contributed by atoms with Crippen molar-refractivity contribution in [2.45, 2.75) is 0 Å². The zero-order valence-electron chi connectivity index (χ0n) is 30.5. The molecule has 0 fully saturated rings. The van der Waals surface area contributed by atoms with Crippen LogP contribution in [0.15, 0.2) is 206 Å². The van der Waals surface area contributed by atoms with E-state index in [4.69, 9.17) is 9.97 Å². The van der Waals surface area contributed by atoms with E-state index in [2.05, 4.69) is 182 Å². The SMILES string of the molecule is c1ccc(-c2cc(-c3ccc(-c4c(-c5cccc(-c6ccc7c8c(cccc68)-c6ccccc6-7)c5)ccc5ccccc45)cc3)nc(-c3ccccc3)n2)cc1. The van der Waals surface area contributed by atoms with Crippen LogP contribution in [-0.4, -0.2) is 9.97 Å². The Bertz CT molecular complexity index is 3020. The first-order valence-corrected chi connectivity index (χ1v) is 19.2. The molecule has 2 heteroatoms. The topological polar surface area (TPSA) is 25.8 Å². The highest BCUT2D eigenvalue weighted by Crippen LogP contribution is 2.49. The van der Waals surface area contributed by atoms with Crippen molar-refractivity contribution in [3.8, 4) is 89.5 Å². The fourth-order valence-corrected chi connectivity index (χ4v) is 8.61. The third-order valence-electron chi connectivity index (χ3n) is 11.3. The minimum absolute atomic E-state index is 0.715. The van der Waals surface area contributed by atoms with Crippen LogP contribution in [-0.2, 0) is 0 Å². The lowest BCUT2D eigenvalue weighted by molar-refractivity contribution is 1.18. The summed E-state index contributed by atoms with van der Waals surface area (Å²) >= 11 is 0. The molecule has 0 atom stereocenters. The molecule has 0 unspecified atom stereocenters. The highest BCUT2D eigenvalue weighted by molar-refractivity contribution is 6.18. The summed E-state index contributed by atoms with van der Waals surface area (Å²) < 4.78 is 0. The van der Waals surface area contributed by atoms with E-state index in [0.717, 1.165) is 33.6 Å². The molecule has 0 aliphatic heterocycles. The maximum atomic E-state index is 5.09. The van der Waals surface area contributed by atoms with Crippen molar-refractivity contribution in [2.24, 2.45) is 0 Å². The Labute approximate surface area is 326 Å². The van der Waals surface area contributed by atoms with Crippen molar-refractivity contribution in [3.05, 3.63) is 206 Å². The Morgan fingerprint density at radius 1 is 0.268 bits per heavy atom. The molecule has 260 valence electrons.